The number of nitrogens with zero attached hydrogens (tertiary/aromatic N) is 4. The molecule has 0 aliphatic carbocycles. The number of guanidine groups is 1. The minimum atomic E-state index is -1.64. The highest BCUT2D eigenvalue weighted by molar-refractivity contribution is 5.99. The van der Waals surface area contributed by atoms with Crippen molar-refractivity contribution in [3.63, 3.8) is 0 Å². The van der Waals surface area contributed by atoms with Crippen LogP contribution in [0.15, 0.2) is 4.99 Å². The van der Waals surface area contributed by atoms with Gasteiger partial charge in [-0.15, -0.1) is 0 Å². The van der Waals surface area contributed by atoms with Crippen LogP contribution in [-0.2, 0) is 47.9 Å². The first kappa shape index (κ1) is 54.2. The van der Waals surface area contributed by atoms with E-state index in [0.717, 1.165) is 4.90 Å². The van der Waals surface area contributed by atoms with Crippen molar-refractivity contribution in [3.8, 4) is 0 Å². The molecule has 0 aromatic heterocycles. The number of nitrogens with one attached hydrogen (secondary N) is 6. The summed E-state index contributed by atoms with van der Waals surface area (Å²) < 4.78 is 0. The largest absolute Gasteiger partial charge is 0.480 e. The summed E-state index contributed by atoms with van der Waals surface area (Å²) in [7, 11) is 0. The van der Waals surface area contributed by atoms with Gasteiger partial charge in [0, 0.05) is 26.2 Å². The third-order valence-corrected chi connectivity index (χ3v) is 11.6. The fraction of sp³-hybridized carbons (Fsp3) is 0.725. The molecule has 0 radical (unpaired) electrons. The summed E-state index contributed by atoms with van der Waals surface area (Å²) in [6.45, 7) is 6.38. The summed E-state index contributed by atoms with van der Waals surface area (Å²) in [5, 5.41) is 44.7. The van der Waals surface area contributed by atoms with Gasteiger partial charge in [0.05, 0.1) is 18.8 Å². The lowest BCUT2D eigenvalue weighted by molar-refractivity contribution is -0.149. The number of hydrogen-bond acceptors (Lipinski definition) is 14. The molecule has 0 spiro atoms. The van der Waals surface area contributed by atoms with Gasteiger partial charge in [-0.1, -0.05) is 0 Å². The van der Waals surface area contributed by atoms with Crippen LogP contribution in [0.1, 0.15) is 86.0 Å². The van der Waals surface area contributed by atoms with E-state index >= 15 is 0 Å². The molecule has 3 saturated heterocycles. The smallest absolute Gasteiger partial charge is 0.326 e. The lowest BCUT2D eigenvalue weighted by Gasteiger charge is -2.33. The number of amides is 9. The van der Waals surface area contributed by atoms with Crippen molar-refractivity contribution in [1.29, 1.82) is 0 Å². The van der Waals surface area contributed by atoms with E-state index in [9.17, 15) is 63.3 Å². The van der Waals surface area contributed by atoms with Gasteiger partial charge in [0.2, 0.25) is 53.2 Å². The number of carboxylic acid groups (broad SMARTS) is 1. The highest BCUT2D eigenvalue weighted by Crippen LogP contribution is 2.26. The third kappa shape index (κ3) is 14.7. The Morgan fingerprint density at radius 1 is 0.621 bits per heavy atom. The van der Waals surface area contributed by atoms with Crippen molar-refractivity contribution >= 4 is 65.1 Å². The second-order valence-corrected chi connectivity index (χ2v) is 16.9. The molecule has 3 heterocycles. The van der Waals surface area contributed by atoms with Gasteiger partial charge >= 0.3 is 5.97 Å². The normalized spacial score (nSPS) is 21.7. The summed E-state index contributed by atoms with van der Waals surface area (Å²) in [5.41, 5.74) is 16.3. The maximum Gasteiger partial charge on any atom is 0.326 e. The molecule has 15 N–H and O–H groups in total. The van der Waals surface area contributed by atoms with Crippen LogP contribution in [0.25, 0.3) is 0 Å². The number of rotatable bonds is 22. The Bertz CT molecular complexity index is 1840. The van der Waals surface area contributed by atoms with Gasteiger partial charge in [-0.05, 0) is 86.0 Å². The highest BCUT2D eigenvalue weighted by Gasteiger charge is 2.44. The Morgan fingerprint density at radius 2 is 1.12 bits per heavy atom. The molecule has 0 aromatic carbocycles. The van der Waals surface area contributed by atoms with Crippen molar-refractivity contribution in [2.75, 3.05) is 32.8 Å². The molecule has 0 saturated carbocycles. The quantitative estimate of drug-likeness (QED) is 0.0273. The zero-order chi connectivity index (χ0) is 49.6. The fourth-order valence-corrected chi connectivity index (χ4v) is 7.91. The van der Waals surface area contributed by atoms with E-state index in [2.05, 4.69) is 36.9 Å². The van der Waals surface area contributed by atoms with E-state index in [4.69, 9.17) is 17.2 Å². The molecule has 9 amide bonds. The highest BCUT2D eigenvalue weighted by atomic mass is 16.4. The van der Waals surface area contributed by atoms with Gasteiger partial charge in [0.15, 0.2) is 5.96 Å². The van der Waals surface area contributed by atoms with Gasteiger partial charge < -0.3 is 79.1 Å². The summed E-state index contributed by atoms with van der Waals surface area (Å²) in [6, 6.07) is -12.1. The summed E-state index contributed by atoms with van der Waals surface area (Å²) in [4.78, 5) is 139. The van der Waals surface area contributed by atoms with Crippen molar-refractivity contribution in [1.82, 2.24) is 46.6 Å². The minimum absolute atomic E-state index is 0.0368. The number of aliphatic hydroxyl groups is 2. The predicted molar refractivity (Wildman–Crippen MR) is 233 cm³/mol. The topological polar surface area (TPSA) is 404 Å². The maximum atomic E-state index is 14.0. The van der Waals surface area contributed by atoms with Crippen molar-refractivity contribution < 1.29 is 63.3 Å². The van der Waals surface area contributed by atoms with Crippen molar-refractivity contribution in [3.05, 3.63) is 0 Å². The Hall–Kier alpha value is -6.15. The van der Waals surface area contributed by atoms with Gasteiger partial charge in [0.1, 0.15) is 54.4 Å². The molecular weight excluding hydrogens is 871 g/mol. The Morgan fingerprint density at radius 3 is 1.65 bits per heavy atom. The molecular formula is C40H67N13O13. The molecule has 0 bridgehead atoms. The molecule has 3 aliphatic heterocycles. The van der Waals surface area contributed by atoms with Crippen LogP contribution in [0.2, 0.25) is 0 Å². The number of aliphatic carboxylic acids is 1. The SMILES string of the molecule is C[C@H](N)C(=O)N[C@@H](C)C(=O)N[C@@H](CCCN=C(N)N)C(=O)N[C@H](C(=O)N[C@@H](C)C(=O)N1CCC[C@H]1C(=O)N1CCC[C@H]1C(=O)N[C@@H](CO)C(=O)N[C@@H](C)C(=O)N1CCC[C@H]1C(=O)O)[C@@H](C)O. The van der Waals surface area contributed by atoms with E-state index in [-0.39, 0.29) is 64.2 Å². The van der Waals surface area contributed by atoms with Crippen LogP contribution in [-0.4, -0.2) is 194 Å². The predicted octanol–water partition coefficient (Wildman–Crippen LogP) is -6.21. The van der Waals surface area contributed by atoms with Crippen LogP contribution in [0.3, 0.4) is 0 Å². The average molecular weight is 938 g/mol. The standard InChI is InChI=1S/C40H67N13O13/c1-19(41)30(56)45-20(2)31(57)48-24(10-6-14-44-40(42)43)32(58)50-29(23(5)55)35(61)47-22(4)36(62)52-16-8-12-27(52)38(64)51-15-7-11-26(51)34(60)49-25(18-54)33(59)46-21(3)37(63)53-17-9-13-28(53)39(65)66/h19-29,54-55H,6-18,41H2,1-5H3,(H,45,56)(H,46,59)(H,47,61)(H,48,57)(H,49,60)(H,50,58)(H,65,66)(H4,42,43,44)/t19-,20-,21-,22-,23+,24-,25-,26-,27-,28-,29-/m0/s1. The van der Waals surface area contributed by atoms with E-state index in [1.807, 2.05) is 0 Å². The first-order chi connectivity index (χ1) is 31.0. The molecule has 3 aliphatic rings. The number of carbonyl (C=O) groups is 10. The van der Waals surface area contributed by atoms with E-state index in [1.165, 1.54) is 44.4 Å². The second-order valence-electron chi connectivity index (χ2n) is 16.9. The molecule has 26 heteroatoms. The third-order valence-electron chi connectivity index (χ3n) is 11.6. The van der Waals surface area contributed by atoms with Gasteiger partial charge in [-0.2, -0.15) is 0 Å². The number of likely N-dealkylation sites (tertiary alicyclic amines) is 3. The lowest BCUT2D eigenvalue weighted by Crippen LogP contribution is -2.61. The Kier molecular flexibility index (Phi) is 20.5. The zero-order valence-corrected chi connectivity index (χ0v) is 38.0. The molecule has 26 nitrogen and oxygen atoms in total. The van der Waals surface area contributed by atoms with Crippen LogP contribution in [0.4, 0.5) is 0 Å². The monoisotopic (exact) mass is 937 g/mol. The van der Waals surface area contributed by atoms with E-state index in [0.29, 0.717) is 19.3 Å². The Labute approximate surface area is 381 Å². The molecule has 370 valence electrons. The number of nitrogens with two attached hydrogens (primary N) is 3. The number of aliphatic hydroxyl groups excluding tert-OH is 2. The number of carboxylic acids is 1. The maximum absolute atomic E-state index is 14.0. The number of hydrogen-bond donors (Lipinski definition) is 12. The first-order valence-electron chi connectivity index (χ1n) is 22.1. The van der Waals surface area contributed by atoms with Crippen LogP contribution < -0.4 is 49.1 Å². The lowest BCUT2D eigenvalue weighted by atomic mass is 10.1. The number of aliphatic imine (C=N–C) groups is 1. The summed E-state index contributed by atoms with van der Waals surface area (Å²) >= 11 is 0. The zero-order valence-electron chi connectivity index (χ0n) is 38.0. The van der Waals surface area contributed by atoms with Gasteiger partial charge in [-0.3, -0.25) is 48.1 Å². The van der Waals surface area contributed by atoms with E-state index < -0.39 is 132 Å². The molecule has 66 heavy (non-hydrogen) atoms. The van der Waals surface area contributed by atoms with Crippen LogP contribution >= 0.6 is 0 Å². The molecule has 3 rings (SSSR count). The summed E-state index contributed by atoms with van der Waals surface area (Å²) in [6.07, 6.45) is 0.592. The average Bonchev–Trinajstić information content (AvgIpc) is 4.06. The minimum Gasteiger partial charge on any atom is -0.480 e. The molecule has 3 fully saturated rings. The van der Waals surface area contributed by atoms with E-state index in [1.54, 1.807) is 0 Å². The summed E-state index contributed by atoms with van der Waals surface area (Å²) in [5.74, 6) is -8.16. The van der Waals surface area contributed by atoms with Crippen molar-refractivity contribution in [2.24, 2.45) is 22.2 Å². The van der Waals surface area contributed by atoms with Crippen molar-refractivity contribution in [2.45, 2.75) is 153 Å². The molecule has 0 unspecified atom stereocenters. The number of carbonyl (C=O) groups excluding carboxylic acids is 9. The second kappa shape index (κ2) is 24.9. The fourth-order valence-electron chi connectivity index (χ4n) is 7.91. The molecule has 11 atom stereocenters. The van der Waals surface area contributed by atoms with Crippen LogP contribution in [0.5, 0.6) is 0 Å². The van der Waals surface area contributed by atoms with Gasteiger partial charge in [0.25, 0.3) is 0 Å². The van der Waals surface area contributed by atoms with Crippen LogP contribution in [0, 0.1) is 0 Å². The first-order valence-corrected chi connectivity index (χ1v) is 22.1. The Balaban J connectivity index is 1.65. The molecule has 0 aromatic rings. The van der Waals surface area contributed by atoms with Gasteiger partial charge in [-0.25, -0.2) is 4.79 Å².